The van der Waals surface area contributed by atoms with Gasteiger partial charge in [-0.3, -0.25) is 0 Å². The second-order valence-electron chi connectivity index (χ2n) is 15.3. The summed E-state index contributed by atoms with van der Waals surface area (Å²) in [4.78, 5) is 2.46. The third-order valence-corrected chi connectivity index (χ3v) is 12.3. The number of fused-ring (bicyclic) bond motifs is 8. The predicted molar refractivity (Wildman–Crippen MR) is 242 cm³/mol. The van der Waals surface area contributed by atoms with Gasteiger partial charge in [0.05, 0.1) is 33.4 Å². The van der Waals surface area contributed by atoms with Crippen molar-refractivity contribution in [2.45, 2.75) is 5.54 Å². The third kappa shape index (κ3) is 4.56. The highest BCUT2D eigenvalue weighted by Gasteiger charge is 2.47. The van der Waals surface area contributed by atoms with Crippen LogP contribution in [0, 0.1) is 0 Å². The average molecular weight is 740 g/mol. The average Bonchev–Trinajstić information content (AvgIpc) is 3.82. The van der Waals surface area contributed by atoms with Crippen LogP contribution in [-0.2, 0) is 5.54 Å². The normalized spacial score (nSPS) is 13.3. The maximum atomic E-state index is 2.61. The van der Waals surface area contributed by atoms with Crippen molar-refractivity contribution < 1.29 is 0 Å². The number of hydrogen-bond acceptors (Lipinski definition) is 1. The van der Waals surface area contributed by atoms with Gasteiger partial charge >= 0.3 is 0 Å². The quantitative estimate of drug-likeness (QED) is 0.171. The van der Waals surface area contributed by atoms with Crippen molar-refractivity contribution in [3.63, 3.8) is 0 Å². The highest BCUT2D eigenvalue weighted by Crippen LogP contribution is 2.57. The molecule has 1 aliphatic heterocycles. The van der Waals surface area contributed by atoms with Crippen LogP contribution in [0.3, 0.4) is 0 Å². The molecule has 12 rings (SSSR count). The van der Waals surface area contributed by atoms with E-state index in [1.165, 1.54) is 77.1 Å². The van der Waals surface area contributed by atoms with Crippen LogP contribution >= 0.6 is 0 Å². The largest absolute Gasteiger partial charge is 0.322 e. The fraction of sp³-hybridized carbons (Fsp3) is 0.0182. The summed E-state index contributed by atoms with van der Waals surface area (Å²) < 4.78 is 4.98. The minimum atomic E-state index is -0.665. The lowest BCUT2D eigenvalue weighted by atomic mass is 9.72. The number of hydrogen-bond donors (Lipinski definition) is 0. The first kappa shape index (κ1) is 32.6. The van der Waals surface area contributed by atoms with E-state index in [0.29, 0.717) is 0 Å². The number of rotatable bonds is 5. The summed E-state index contributed by atoms with van der Waals surface area (Å²) in [6.07, 6.45) is 0. The van der Waals surface area contributed by atoms with Gasteiger partial charge in [0.1, 0.15) is 5.54 Å². The zero-order chi connectivity index (χ0) is 38.2. The summed E-state index contributed by atoms with van der Waals surface area (Å²) >= 11 is 0. The Morgan fingerprint density at radius 3 is 1.40 bits per heavy atom. The Hall–Kier alpha value is -7.62. The Bertz CT molecular complexity index is 3240. The molecular weight excluding hydrogens is 703 g/mol. The zero-order valence-corrected chi connectivity index (χ0v) is 31.7. The Morgan fingerprint density at radius 1 is 0.310 bits per heavy atom. The van der Waals surface area contributed by atoms with Gasteiger partial charge in [-0.1, -0.05) is 158 Å². The van der Waals surface area contributed by atoms with Crippen LogP contribution < -0.4 is 4.90 Å². The van der Waals surface area contributed by atoms with E-state index in [1.807, 2.05) is 0 Å². The topological polar surface area (TPSA) is 13.1 Å². The molecule has 3 heterocycles. The number of benzene rings is 9. The summed E-state index contributed by atoms with van der Waals surface area (Å²) in [5.41, 5.74) is 14.9. The van der Waals surface area contributed by atoms with Crippen molar-refractivity contribution in [3.8, 4) is 16.8 Å². The molecule has 0 spiro atoms. The zero-order valence-electron chi connectivity index (χ0n) is 31.7. The van der Waals surface area contributed by atoms with E-state index in [4.69, 9.17) is 0 Å². The first-order valence-electron chi connectivity index (χ1n) is 20.0. The second-order valence-corrected chi connectivity index (χ2v) is 15.3. The second kappa shape index (κ2) is 12.7. The molecule has 11 aromatic rings. The molecule has 3 heteroatoms. The maximum Gasteiger partial charge on any atom is 0.125 e. The molecular formula is C55H37N3. The van der Waals surface area contributed by atoms with E-state index in [2.05, 4.69) is 238 Å². The third-order valence-electron chi connectivity index (χ3n) is 12.3. The van der Waals surface area contributed by atoms with E-state index < -0.39 is 5.54 Å². The Morgan fingerprint density at radius 2 is 0.776 bits per heavy atom. The van der Waals surface area contributed by atoms with Crippen molar-refractivity contribution in [1.29, 1.82) is 0 Å². The van der Waals surface area contributed by atoms with Crippen LogP contribution in [0.1, 0.15) is 16.7 Å². The minimum absolute atomic E-state index is 0.665. The highest BCUT2D eigenvalue weighted by atomic mass is 15.2. The molecule has 1 aliphatic rings. The SMILES string of the molecule is c1ccc(-n2c3ccccc3c3cc(-c4ccc(N5c6ccccc6C(c6ccccc6)(n6c7ccccc7c7ccccc76)c6ccccc65)cc4)ccc32)cc1. The van der Waals surface area contributed by atoms with Crippen LogP contribution in [0.25, 0.3) is 60.4 Å². The van der Waals surface area contributed by atoms with Gasteiger partial charge in [0.15, 0.2) is 0 Å². The van der Waals surface area contributed by atoms with Crippen LogP contribution in [0.2, 0.25) is 0 Å². The minimum Gasteiger partial charge on any atom is -0.322 e. The molecule has 58 heavy (non-hydrogen) atoms. The summed E-state index contributed by atoms with van der Waals surface area (Å²) in [7, 11) is 0. The van der Waals surface area contributed by atoms with Crippen molar-refractivity contribution >= 4 is 60.7 Å². The molecule has 0 N–H and O–H groups in total. The molecule has 0 saturated carbocycles. The van der Waals surface area contributed by atoms with E-state index in [9.17, 15) is 0 Å². The molecule has 0 aliphatic carbocycles. The molecule has 272 valence electrons. The Balaban J connectivity index is 1.05. The van der Waals surface area contributed by atoms with Gasteiger partial charge in [-0.2, -0.15) is 0 Å². The molecule has 0 fully saturated rings. The van der Waals surface area contributed by atoms with Crippen molar-refractivity contribution in [2.24, 2.45) is 0 Å². The van der Waals surface area contributed by atoms with Crippen molar-refractivity contribution in [1.82, 2.24) is 9.13 Å². The first-order chi connectivity index (χ1) is 28.8. The van der Waals surface area contributed by atoms with E-state index in [0.717, 1.165) is 17.1 Å². The summed E-state index contributed by atoms with van der Waals surface area (Å²) in [5, 5.41) is 5.02. The summed E-state index contributed by atoms with van der Waals surface area (Å²) in [6, 6.07) is 82.3. The lowest BCUT2D eigenvalue weighted by Gasteiger charge is -2.47. The van der Waals surface area contributed by atoms with E-state index in [1.54, 1.807) is 0 Å². The molecule has 0 bridgehead atoms. The Labute approximate surface area is 336 Å². The maximum absolute atomic E-state index is 2.61. The first-order valence-corrected chi connectivity index (χ1v) is 20.0. The van der Waals surface area contributed by atoms with Gasteiger partial charge in [-0.25, -0.2) is 0 Å². The van der Waals surface area contributed by atoms with Gasteiger partial charge in [-0.05, 0) is 83.4 Å². The van der Waals surface area contributed by atoms with Crippen molar-refractivity contribution in [3.05, 3.63) is 241 Å². The summed E-state index contributed by atoms with van der Waals surface area (Å²) in [5.74, 6) is 0. The van der Waals surface area contributed by atoms with E-state index >= 15 is 0 Å². The van der Waals surface area contributed by atoms with E-state index in [-0.39, 0.29) is 0 Å². The Kier molecular flexibility index (Phi) is 7.14. The number of anilines is 3. The van der Waals surface area contributed by atoms with Crippen LogP contribution in [0.15, 0.2) is 224 Å². The molecule has 0 saturated heterocycles. The van der Waals surface area contributed by atoms with Crippen LogP contribution in [-0.4, -0.2) is 9.13 Å². The smallest absolute Gasteiger partial charge is 0.125 e. The molecule has 0 atom stereocenters. The highest BCUT2D eigenvalue weighted by molar-refractivity contribution is 6.11. The molecule has 3 nitrogen and oxygen atoms in total. The number of nitrogens with zero attached hydrogens (tertiary/aromatic N) is 3. The molecule has 9 aromatic carbocycles. The molecule has 0 amide bonds. The molecule has 0 unspecified atom stereocenters. The summed E-state index contributed by atoms with van der Waals surface area (Å²) in [6.45, 7) is 0. The standard InChI is InChI=1S/C55H37N3/c1-3-17-40(18-4-1)55(58-51-27-13-8-21-43(51)44-22-9-14-28-52(44)58)47-24-10-15-29-53(47)57(54-30-16-11-25-48(54)55)42-34-31-38(32-35-42)39-33-36-50-46(37-39)45-23-7-12-26-49(45)56(50)41-19-5-2-6-20-41/h1-37H. The van der Waals surface area contributed by atoms with Gasteiger partial charge in [-0.15, -0.1) is 0 Å². The lowest BCUT2D eigenvalue weighted by Crippen LogP contribution is -2.42. The van der Waals surface area contributed by atoms with Gasteiger partial charge in [0.2, 0.25) is 0 Å². The number of para-hydroxylation sites is 6. The van der Waals surface area contributed by atoms with Gasteiger partial charge in [0.25, 0.3) is 0 Å². The monoisotopic (exact) mass is 739 g/mol. The lowest BCUT2D eigenvalue weighted by molar-refractivity contribution is 0.544. The van der Waals surface area contributed by atoms with Crippen LogP contribution in [0.4, 0.5) is 17.1 Å². The fourth-order valence-corrected chi connectivity index (χ4v) is 9.96. The van der Waals surface area contributed by atoms with Gasteiger partial charge in [0, 0.05) is 44.0 Å². The predicted octanol–water partition coefficient (Wildman–Crippen LogP) is 14.2. The fourth-order valence-electron chi connectivity index (χ4n) is 9.96. The van der Waals surface area contributed by atoms with Gasteiger partial charge < -0.3 is 14.0 Å². The van der Waals surface area contributed by atoms with Crippen LogP contribution in [0.5, 0.6) is 0 Å². The molecule has 0 radical (unpaired) electrons. The molecule has 2 aromatic heterocycles. The number of aromatic nitrogens is 2. The van der Waals surface area contributed by atoms with Crippen molar-refractivity contribution in [2.75, 3.05) is 4.90 Å².